The number of nitrogens with one attached hydrogen (secondary N) is 2. The number of hydrogen-bond donors (Lipinski definition) is 3. The molecule has 34 heavy (non-hydrogen) atoms. The molecule has 3 aliphatic rings. The van der Waals surface area contributed by atoms with Crippen molar-refractivity contribution in [2.24, 2.45) is 17.6 Å². The number of benzene rings is 2. The summed E-state index contributed by atoms with van der Waals surface area (Å²) in [6.45, 7) is 1.84. The monoisotopic (exact) mass is 482 g/mol. The number of ether oxygens (including phenoxy) is 1. The Balaban J connectivity index is 1.59. The van der Waals surface area contributed by atoms with Gasteiger partial charge in [0.2, 0.25) is 23.6 Å². The van der Waals surface area contributed by atoms with Crippen LogP contribution in [0.4, 0.5) is 5.69 Å². The van der Waals surface area contributed by atoms with Crippen LogP contribution in [-0.4, -0.2) is 41.7 Å². The third-order valence-corrected chi connectivity index (χ3v) is 7.22. The Labute approximate surface area is 200 Å². The van der Waals surface area contributed by atoms with Crippen molar-refractivity contribution in [1.82, 2.24) is 10.2 Å². The fraction of sp³-hybridized carbons (Fsp3) is 0.333. The van der Waals surface area contributed by atoms with Crippen molar-refractivity contribution in [2.75, 3.05) is 12.4 Å². The zero-order chi connectivity index (χ0) is 24.4. The third kappa shape index (κ3) is 3.11. The molecule has 3 aliphatic heterocycles. The zero-order valence-corrected chi connectivity index (χ0v) is 19.3. The lowest BCUT2D eigenvalue weighted by Gasteiger charge is -2.29. The van der Waals surface area contributed by atoms with E-state index in [1.807, 2.05) is 0 Å². The zero-order valence-electron chi connectivity index (χ0n) is 18.6. The minimum Gasteiger partial charge on any atom is -0.497 e. The highest BCUT2D eigenvalue weighted by Gasteiger charge is 2.70. The number of methoxy groups -OCH3 is 1. The molecule has 4 N–H and O–H groups in total. The number of rotatable bonds is 5. The summed E-state index contributed by atoms with van der Waals surface area (Å²) in [7, 11) is 1.55. The topological polar surface area (TPSA) is 131 Å². The first kappa shape index (κ1) is 22.4. The number of primary amides is 1. The van der Waals surface area contributed by atoms with E-state index in [0.29, 0.717) is 22.0 Å². The van der Waals surface area contributed by atoms with E-state index in [4.69, 9.17) is 22.1 Å². The van der Waals surface area contributed by atoms with Crippen molar-refractivity contribution in [1.29, 1.82) is 0 Å². The van der Waals surface area contributed by atoms with Crippen LogP contribution in [0.1, 0.15) is 23.1 Å². The Morgan fingerprint density at radius 1 is 1.18 bits per heavy atom. The first-order valence-corrected chi connectivity index (χ1v) is 11.2. The standard InChI is InChI=1S/C24H23ClN4O5/c1-11-7-13(25)8-15-20(11)27-23(33)24(15)19-18(16(28-24)9-17(26)30)21(31)29(22(19)32)10-12-3-5-14(34-2)6-4-12/h3-8,16,18-19,28H,9-10H2,1-2H3,(H2,26,30)(H,27,33). The molecule has 0 saturated carbocycles. The number of nitrogens with two attached hydrogens (primary N) is 1. The molecule has 0 bridgehead atoms. The van der Waals surface area contributed by atoms with Gasteiger partial charge in [0.05, 0.1) is 25.5 Å². The third-order valence-electron chi connectivity index (χ3n) is 7.00. The van der Waals surface area contributed by atoms with E-state index in [9.17, 15) is 19.2 Å². The minimum atomic E-state index is -1.53. The van der Waals surface area contributed by atoms with E-state index in [0.717, 1.165) is 16.0 Å². The number of anilines is 1. The number of halogens is 1. The summed E-state index contributed by atoms with van der Waals surface area (Å²) in [5, 5.41) is 6.42. The summed E-state index contributed by atoms with van der Waals surface area (Å²) in [6.07, 6.45) is -0.194. The van der Waals surface area contributed by atoms with Crippen LogP contribution in [0.2, 0.25) is 5.02 Å². The van der Waals surface area contributed by atoms with Gasteiger partial charge in [-0.05, 0) is 42.3 Å². The molecule has 2 aromatic rings. The number of nitrogens with zero attached hydrogens (tertiary/aromatic N) is 1. The van der Waals surface area contributed by atoms with Crippen molar-refractivity contribution >= 4 is 40.9 Å². The van der Waals surface area contributed by atoms with Crippen LogP contribution in [0.25, 0.3) is 0 Å². The van der Waals surface area contributed by atoms with Gasteiger partial charge in [0, 0.05) is 28.7 Å². The van der Waals surface area contributed by atoms with E-state index in [1.165, 1.54) is 0 Å². The van der Waals surface area contributed by atoms with Gasteiger partial charge < -0.3 is 15.8 Å². The van der Waals surface area contributed by atoms with Crippen LogP contribution >= 0.6 is 11.6 Å². The van der Waals surface area contributed by atoms with Crippen molar-refractivity contribution in [3.05, 3.63) is 58.1 Å². The summed E-state index contributed by atoms with van der Waals surface area (Å²) < 4.78 is 5.17. The number of fused-ring (bicyclic) bond motifs is 4. The predicted octanol–water partition coefficient (Wildman–Crippen LogP) is 1.45. The van der Waals surface area contributed by atoms with Crippen molar-refractivity contribution < 1.29 is 23.9 Å². The molecule has 4 amide bonds. The van der Waals surface area contributed by atoms with Gasteiger partial charge in [0.1, 0.15) is 11.3 Å². The lowest BCUT2D eigenvalue weighted by atomic mass is 9.76. The smallest absolute Gasteiger partial charge is 0.250 e. The Morgan fingerprint density at radius 2 is 1.88 bits per heavy atom. The van der Waals surface area contributed by atoms with Crippen LogP contribution in [0.3, 0.4) is 0 Å². The maximum atomic E-state index is 13.8. The van der Waals surface area contributed by atoms with Crippen molar-refractivity contribution in [2.45, 2.75) is 31.5 Å². The van der Waals surface area contributed by atoms with Gasteiger partial charge in [-0.25, -0.2) is 0 Å². The average Bonchev–Trinajstić information content (AvgIpc) is 3.35. The predicted molar refractivity (Wildman–Crippen MR) is 123 cm³/mol. The maximum Gasteiger partial charge on any atom is 0.250 e. The van der Waals surface area contributed by atoms with E-state index in [2.05, 4.69) is 10.6 Å². The number of likely N-dealkylation sites (tertiary alicyclic amines) is 1. The Morgan fingerprint density at radius 3 is 2.53 bits per heavy atom. The fourth-order valence-corrected chi connectivity index (χ4v) is 5.83. The molecule has 3 heterocycles. The number of carbonyl (C=O) groups excluding carboxylic acids is 4. The van der Waals surface area contributed by atoms with E-state index in [-0.39, 0.29) is 13.0 Å². The molecule has 4 unspecified atom stereocenters. The number of hydrogen-bond acceptors (Lipinski definition) is 6. The van der Waals surface area contributed by atoms with E-state index < -0.39 is 47.0 Å². The molecule has 1 spiro atoms. The molecule has 2 fully saturated rings. The highest BCUT2D eigenvalue weighted by Crippen LogP contribution is 2.54. The van der Waals surface area contributed by atoms with Gasteiger partial charge in [-0.15, -0.1) is 0 Å². The minimum absolute atomic E-state index is 0.0388. The van der Waals surface area contributed by atoms with Crippen LogP contribution in [0.15, 0.2) is 36.4 Å². The van der Waals surface area contributed by atoms with E-state index >= 15 is 0 Å². The van der Waals surface area contributed by atoms with Crippen molar-refractivity contribution in [3.8, 4) is 5.75 Å². The second kappa shape index (κ2) is 7.82. The first-order chi connectivity index (χ1) is 16.2. The largest absolute Gasteiger partial charge is 0.497 e. The quantitative estimate of drug-likeness (QED) is 0.553. The number of imide groups is 1. The van der Waals surface area contributed by atoms with Gasteiger partial charge in [-0.2, -0.15) is 0 Å². The normalized spacial score (nSPS) is 27.2. The molecule has 0 aromatic heterocycles. The Hall–Kier alpha value is -3.43. The van der Waals surface area contributed by atoms with Crippen LogP contribution in [0.5, 0.6) is 5.75 Å². The summed E-state index contributed by atoms with van der Waals surface area (Å²) in [5.41, 5.74) is 6.44. The van der Waals surface area contributed by atoms with E-state index in [1.54, 1.807) is 50.4 Å². The SMILES string of the molecule is COc1ccc(CN2C(=O)C3C(CC(N)=O)NC4(C(=O)Nc5c(C)cc(Cl)cc54)C3C2=O)cc1. The molecule has 0 radical (unpaired) electrons. The van der Waals surface area contributed by atoms with Gasteiger partial charge in [0.15, 0.2) is 0 Å². The van der Waals surface area contributed by atoms with Crippen molar-refractivity contribution in [3.63, 3.8) is 0 Å². The molecular formula is C24H23ClN4O5. The molecular weight excluding hydrogens is 460 g/mol. The molecule has 10 heteroatoms. The average molecular weight is 483 g/mol. The molecule has 5 rings (SSSR count). The van der Waals surface area contributed by atoms with Crippen LogP contribution in [-0.2, 0) is 31.3 Å². The van der Waals surface area contributed by atoms with Gasteiger partial charge in [-0.3, -0.25) is 29.4 Å². The second-order valence-corrected chi connectivity index (χ2v) is 9.38. The summed E-state index contributed by atoms with van der Waals surface area (Å²) >= 11 is 6.31. The Kier molecular flexibility index (Phi) is 5.14. The molecule has 2 saturated heterocycles. The summed E-state index contributed by atoms with van der Waals surface area (Å²) in [6, 6.07) is 9.58. The Bertz CT molecular complexity index is 1250. The fourth-order valence-electron chi connectivity index (χ4n) is 5.55. The van der Waals surface area contributed by atoms with Crippen LogP contribution in [0, 0.1) is 18.8 Å². The molecule has 176 valence electrons. The summed E-state index contributed by atoms with van der Waals surface area (Å²) in [5.74, 6) is -3.33. The molecule has 2 aromatic carbocycles. The number of carbonyl (C=O) groups is 4. The first-order valence-electron chi connectivity index (χ1n) is 10.8. The highest BCUT2D eigenvalue weighted by atomic mass is 35.5. The van der Waals surface area contributed by atoms with Gasteiger partial charge in [-0.1, -0.05) is 23.7 Å². The molecule has 0 aliphatic carbocycles. The second-order valence-electron chi connectivity index (χ2n) is 8.94. The number of aryl methyl sites for hydroxylation is 1. The molecule has 9 nitrogen and oxygen atoms in total. The molecule has 4 atom stereocenters. The lowest BCUT2D eigenvalue weighted by molar-refractivity contribution is -0.143. The maximum absolute atomic E-state index is 13.8. The number of amides is 4. The van der Waals surface area contributed by atoms with Gasteiger partial charge >= 0.3 is 0 Å². The summed E-state index contributed by atoms with van der Waals surface area (Å²) in [4.78, 5) is 53.8. The highest BCUT2D eigenvalue weighted by molar-refractivity contribution is 6.31. The van der Waals surface area contributed by atoms with Crippen LogP contribution < -0.4 is 21.1 Å². The van der Waals surface area contributed by atoms with Gasteiger partial charge in [0.25, 0.3) is 0 Å². The lowest BCUT2D eigenvalue weighted by Crippen LogP contribution is -2.53.